The zero-order valence-corrected chi connectivity index (χ0v) is 17.1. The van der Waals surface area contributed by atoms with Crippen molar-refractivity contribution in [3.8, 4) is 16.8 Å². The molecule has 30 heavy (non-hydrogen) atoms. The van der Waals surface area contributed by atoms with Crippen molar-refractivity contribution in [1.82, 2.24) is 9.78 Å². The fraction of sp³-hybridized carbons (Fsp3) is 0.273. The second kappa shape index (κ2) is 8.89. The number of benzene rings is 2. The van der Waals surface area contributed by atoms with E-state index in [0.29, 0.717) is 22.5 Å². The van der Waals surface area contributed by atoms with Gasteiger partial charge in [0, 0.05) is 24.4 Å². The molecule has 4 rings (SSSR count). The third-order valence-electron chi connectivity index (χ3n) is 5.25. The monoisotopic (exact) mass is 426 g/mol. The second-order valence-corrected chi connectivity index (χ2v) is 8.19. The van der Waals surface area contributed by atoms with E-state index in [-0.39, 0.29) is 17.1 Å². The van der Waals surface area contributed by atoms with Crippen molar-refractivity contribution >= 4 is 16.8 Å². The highest BCUT2D eigenvalue weighted by Gasteiger charge is 2.21. The molecule has 6 nitrogen and oxygen atoms in total. The topological polar surface area (TPSA) is 78.3 Å². The maximum absolute atomic E-state index is 13.4. The summed E-state index contributed by atoms with van der Waals surface area (Å²) in [6, 6.07) is 12.8. The predicted octanol–water partition coefficient (Wildman–Crippen LogP) is 3.41. The lowest BCUT2D eigenvalue weighted by atomic mass is 10.0. The third-order valence-corrected chi connectivity index (χ3v) is 5.81. The second-order valence-electron chi connectivity index (χ2n) is 7.29. The number of anilines is 1. The first kappa shape index (κ1) is 20.4. The molecule has 1 aromatic heterocycles. The largest absolute Gasteiger partial charge is 0.772 e. The van der Waals surface area contributed by atoms with Gasteiger partial charge >= 0.3 is 0 Å². The number of nitrogens with zero attached hydrogens (tertiary/aromatic N) is 3. The lowest BCUT2D eigenvalue weighted by Gasteiger charge is -2.30. The average Bonchev–Trinajstić information content (AvgIpc) is 2.75. The summed E-state index contributed by atoms with van der Waals surface area (Å²) in [5.74, 6) is -0.428. The maximum atomic E-state index is 13.4. The van der Waals surface area contributed by atoms with E-state index in [4.69, 9.17) is 0 Å². The molecule has 0 N–H and O–H groups in total. The Balaban J connectivity index is 1.81. The van der Waals surface area contributed by atoms with Crippen molar-refractivity contribution < 1.29 is 13.2 Å². The Morgan fingerprint density at radius 2 is 1.67 bits per heavy atom. The Morgan fingerprint density at radius 3 is 2.30 bits per heavy atom. The summed E-state index contributed by atoms with van der Waals surface area (Å²) in [5, 5.41) is 4.34. The van der Waals surface area contributed by atoms with E-state index in [2.05, 4.69) is 10.00 Å². The van der Waals surface area contributed by atoms with Crippen LogP contribution >= 0.6 is 0 Å². The van der Waals surface area contributed by atoms with Crippen molar-refractivity contribution in [1.29, 1.82) is 0 Å². The van der Waals surface area contributed by atoms with Gasteiger partial charge in [0.1, 0.15) is 11.5 Å². The molecule has 156 valence electrons. The number of rotatable bonds is 5. The Hall–Kier alpha value is -2.84. The molecule has 0 aliphatic carbocycles. The van der Waals surface area contributed by atoms with Gasteiger partial charge in [0.15, 0.2) is 0 Å². The number of hydrogen-bond donors (Lipinski definition) is 0. The van der Waals surface area contributed by atoms with Crippen LogP contribution in [0.1, 0.15) is 24.8 Å². The predicted molar refractivity (Wildman–Crippen MR) is 114 cm³/mol. The van der Waals surface area contributed by atoms with Crippen LogP contribution in [0.25, 0.3) is 16.8 Å². The highest BCUT2D eigenvalue weighted by Crippen LogP contribution is 2.30. The normalized spacial score (nSPS) is 15.2. The van der Waals surface area contributed by atoms with Crippen LogP contribution in [0, 0.1) is 5.82 Å². The minimum absolute atomic E-state index is 0.0519. The van der Waals surface area contributed by atoms with Crippen molar-refractivity contribution in [3.05, 3.63) is 76.5 Å². The van der Waals surface area contributed by atoms with Crippen molar-refractivity contribution in [2.75, 3.05) is 18.0 Å². The molecule has 1 unspecified atom stereocenters. The van der Waals surface area contributed by atoms with Gasteiger partial charge in [-0.25, -0.2) is 4.39 Å². The SMILES string of the molecule is O=c1c(N2CCCCC2)c(-c2ccc(CS(=O)[O-])cc2)cnn1-c1ccc(F)cc1. The number of hydrogen-bond acceptors (Lipinski definition) is 5. The molecule has 2 aromatic carbocycles. The van der Waals surface area contributed by atoms with Gasteiger partial charge in [-0.2, -0.15) is 9.78 Å². The molecule has 1 fully saturated rings. The molecule has 3 aromatic rings. The van der Waals surface area contributed by atoms with Gasteiger partial charge in [0.05, 0.1) is 11.9 Å². The van der Waals surface area contributed by atoms with Gasteiger partial charge in [-0.3, -0.25) is 9.00 Å². The van der Waals surface area contributed by atoms with Crippen molar-refractivity contribution in [2.24, 2.45) is 0 Å². The lowest BCUT2D eigenvalue weighted by molar-refractivity contribution is 0.536. The van der Waals surface area contributed by atoms with Crippen LogP contribution in [-0.4, -0.2) is 31.6 Å². The van der Waals surface area contributed by atoms with E-state index in [1.165, 1.54) is 28.9 Å². The van der Waals surface area contributed by atoms with Crippen LogP contribution in [0.4, 0.5) is 10.1 Å². The van der Waals surface area contributed by atoms with E-state index < -0.39 is 11.1 Å². The molecule has 0 spiro atoms. The summed E-state index contributed by atoms with van der Waals surface area (Å²) in [6.45, 7) is 1.56. The molecule has 1 saturated heterocycles. The highest BCUT2D eigenvalue weighted by molar-refractivity contribution is 7.78. The first-order valence-corrected chi connectivity index (χ1v) is 11.1. The third kappa shape index (κ3) is 4.34. The Kier molecular flexibility index (Phi) is 6.06. The number of piperidine rings is 1. The van der Waals surface area contributed by atoms with Gasteiger partial charge in [-0.1, -0.05) is 35.3 Å². The summed E-state index contributed by atoms with van der Waals surface area (Å²) in [6.07, 6.45) is 4.79. The van der Waals surface area contributed by atoms with Crippen LogP contribution in [0.5, 0.6) is 0 Å². The smallest absolute Gasteiger partial charge is 0.295 e. The van der Waals surface area contributed by atoms with Gasteiger partial charge in [0.2, 0.25) is 0 Å². The average molecular weight is 426 g/mol. The van der Waals surface area contributed by atoms with Crippen LogP contribution in [-0.2, 0) is 16.8 Å². The first-order chi connectivity index (χ1) is 14.5. The zero-order chi connectivity index (χ0) is 21.1. The molecule has 2 heterocycles. The minimum atomic E-state index is -2.16. The molecule has 8 heteroatoms. The van der Waals surface area contributed by atoms with Crippen molar-refractivity contribution in [3.63, 3.8) is 0 Å². The van der Waals surface area contributed by atoms with E-state index in [0.717, 1.165) is 37.9 Å². The van der Waals surface area contributed by atoms with Crippen LogP contribution < -0.4 is 10.5 Å². The summed E-state index contributed by atoms with van der Waals surface area (Å²) >= 11 is -2.16. The summed E-state index contributed by atoms with van der Waals surface area (Å²) in [5.41, 5.74) is 2.99. The molecule has 0 saturated carbocycles. The van der Waals surface area contributed by atoms with E-state index in [1.807, 2.05) is 12.1 Å². The Labute approximate surface area is 176 Å². The summed E-state index contributed by atoms with van der Waals surface area (Å²) in [4.78, 5) is 15.5. The number of halogens is 1. The molecular weight excluding hydrogens is 405 g/mol. The molecule has 1 aliphatic heterocycles. The van der Waals surface area contributed by atoms with Gasteiger partial charge in [0.25, 0.3) is 5.56 Å². The van der Waals surface area contributed by atoms with Crippen LogP contribution in [0.2, 0.25) is 0 Å². The molecule has 0 bridgehead atoms. The fourth-order valence-corrected chi connectivity index (χ4v) is 4.23. The molecule has 1 atom stereocenters. The van der Waals surface area contributed by atoms with Gasteiger partial charge in [-0.05, 0) is 54.7 Å². The Morgan fingerprint density at radius 1 is 1.00 bits per heavy atom. The molecular formula is C22H21FN3O3S-. The summed E-state index contributed by atoms with van der Waals surface area (Å²) < 4.78 is 36.5. The Bertz CT molecular complexity index is 1110. The van der Waals surface area contributed by atoms with Gasteiger partial charge < -0.3 is 9.45 Å². The molecule has 1 aliphatic rings. The first-order valence-electron chi connectivity index (χ1n) is 9.81. The lowest BCUT2D eigenvalue weighted by Crippen LogP contribution is -2.37. The molecule has 0 radical (unpaired) electrons. The van der Waals surface area contributed by atoms with E-state index >= 15 is 0 Å². The highest BCUT2D eigenvalue weighted by atomic mass is 32.2. The standard InChI is InChI=1S/C22H22FN3O3S/c23-18-8-10-19(11-9-18)26-22(27)21(25-12-2-1-3-13-25)20(14-24-26)17-6-4-16(5-7-17)15-30(28)29/h4-11,14H,1-3,12-13,15H2,(H,28,29)/p-1. The minimum Gasteiger partial charge on any atom is -0.772 e. The van der Waals surface area contributed by atoms with Gasteiger partial charge in [-0.15, -0.1) is 0 Å². The van der Waals surface area contributed by atoms with E-state index in [1.54, 1.807) is 18.3 Å². The quantitative estimate of drug-likeness (QED) is 0.585. The van der Waals surface area contributed by atoms with Crippen LogP contribution in [0.15, 0.2) is 59.5 Å². The van der Waals surface area contributed by atoms with Crippen LogP contribution in [0.3, 0.4) is 0 Å². The maximum Gasteiger partial charge on any atom is 0.295 e. The molecule has 0 amide bonds. The van der Waals surface area contributed by atoms with E-state index in [9.17, 15) is 17.9 Å². The fourth-order valence-electron chi connectivity index (χ4n) is 3.76. The van der Waals surface area contributed by atoms with Crippen molar-refractivity contribution in [2.45, 2.75) is 25.0 Å². The number of aromatic nitrogens is 2. The summed E-state index contributed by atoms with van der Waals surface area (Å²) in [7, 11) is 0. The zero-order valence-electron chi connectivity index (χ0n) is 16.3.